The molecule has 3 aromatic carbocycles. The number of urea groups is 1. The van der Waals surface area contributed by atoms with Crippen molar-refractivity contribution in [2.24, 2.45) is 0 Å². The summed E-state index contributed by atoms with van der Waals surface area (Å²) in [6, 6.07) is 19.9. The number of carbonyl (C=O) groups is 3. The quantitative estimate of drug-likeness (QED) is 0.395. The third-order valence-electron chi connectivity index (χ3n) is 6.08. The zero-order valence-electron chi connectivity index (χ0n) is 20.3. The molecule has 1 fully saturated rings. The first kappa shape index (κ1) is 24.8. The lowest BCUT2D eigenvalue weighted by Gasteiger charge is -2.21. The number of hydrogen-bond acceptors (Lipinski definition) is 5. The molecule has 3 N–H and O–H groups in total. The number of esters is 1. The van der Waals surface area contributed by atoms with Gasteiger partial charge < -0.3 is 25.4 Å². The summed E-state index contributed by atoms with van der Waals surface area (Å²) in [6.45, 7) is 2.36. The first-order chi connectivity index (χ1) is 17.4. The molecule has 8 nitrogen and oxygen atoms in total. The predicted molar refractivity (Wildman–Crippen MR) is 139 cm³/mol. The van der Waals surface area contributed by atoms with Crippen LogP contribution in [0.25, 0.3) is 0 Å². The molecule has 0 spiro atoms. The van der Waals surface area contributed by atoms with Crippen LogP contribution in [0, 0.1) is 6.92 Å². The van der Waals surface area contributed by atoms with Gasteiger partial charge in [0, 0.05) is 11.4 Å². The second kappa shape index (κ2) is 11.4. The van der Waals surface area contributed by atoms with Crippen LogP contribution in [0.3, 0.4) is 0 Å². The van der Waals surface area contributed by atoms with Crippen LogP contribution in [-0.2, 0) is 20.7 Å². The van der Waals surface area contributed by atoms with Crippen LogP contribution in [0.5, 0.6) is 5.75 Å². The molecule has 3 amide bonds. The van der Waals surface area contributed by atoms with E-state index in [-0.39, 0.29) is 30.2 Å². The number of rotatable bonds is 7. The van der Waals surface area contributed by atoms with Crippen molar-refractivity contribution in [3.63, 3.8) is 0 Å². The number of hydrogen-bond donors (Lipinski definition) is 3. The molecule has 36 heavy (non-hydrogen) atoms. The average molecular weight is 488 g/mol. The van der Waals surface area contributed by atoms with Gasteiger partial charge in [0.25, 0.3) is 0 Å². The number of nitrogens with one attached hydrogen (secondary N) is 3. The van der Waals surface area contributed by atoms with Crippen molar-refractivity contribution in [3.05, 3.63) is 83.4 Å². The zero-order chi connectivity index (χ0) is 25.5. The normalized spacial score (nSPS) is 14.9. The van der Waals surface area contributed by atoms with Crippen molar-refractivity contribution in [1.29, 1.82) is 0 Å². The lowest BCUT2D eigenvalue weighted by atomic mass is 9.91. The first-order valence-electron chi connectivity index (χ1n) is 11.8. The molecule has 0 radical (unpaired) electrons. The number of methoxy groups -OCH3 is 1. The van der Waals surface area contributed by atoms with E-state index in [9.17, 15) is 14.4 Å². The summed E-state index contributed by atoms with van der Waals surface area (Å²) in [7, 11) is 1.51. The Morgan fingerprint density at radius 2 is 1.72 bits per heavy atom. The average Bonchev–Trinajstić information content (AvgIpc) is 2.86. The molecule has 3 aromatic rings. The fourth-order valence-corrected chi connectivity index (χ4v) is 4.13. The van der Waals surface area contributed by atoms with E-state index in [1.165, 1.54) is 7.11 Å². The van der Waals surface area contributed by atoms with E-state index in [0.717, 1.165) is 28.8 Å². The van der Waals surface area contributed by atoms with Crippen molar-refractivity contribution in [3.8, 4) is 5.75 Å². The highest BCUT2D eigenvalue weighted by atomic mass is 16.5. The van der Waals surface area contributed by atoms with Gasteiger partial charge in [0.05, 0.1) is 32.2 Å². The van der Waals surface area contributed by atoms with Crippen molar-refractivity contribution >= 4 is 35.0 Å². The molecule has 186 valence electrons. The van der Waals surface area contributed by atoms with Crippen LogP contribution < -0.4 is 20.7 Å². The van der Waals surface area contributed by atoms with Crippen LogP contribution >= 0.6 is 0 Å². The molecule has 0 aliphatic carbocycles. The summed E-state index contributed by atoms with van der Waals surface area (Å²) in [5.74, 6) is 0.251. The maximum atomic E-state index is 12.6. The van der Waals surface area contributed by atoms with Gasteiger partial charge in [-0.15, -0.1) is 0 Å². The third-order valence-corrected chi connectivity index (χ3v) is 6.08. The predicted octanol–water partition coefficient (Wildman–Crippen LogP) is 5.25. The zero-order valence-corrected chi connectivity index (χ0v) is 20.3. The highest BCUT2D eigenvalue weighted by Crippen LogP contribution is 2.29. The maximum Gasteiger partial charge on any atom is 0.323 e. The van der Waals surface area contributed by atoms with Gasteiger partial charge in [-0.2, -0.15) is 0 Å². The number of cyclic esters (lactones) is 1. The standard InChI is InChI=1S/C28H29N3O5/c1-18-5-3-4-6-23(18)30-28(34)31-24-12-7-19(15-25(24)35-2)16-26(32)29-22-10-8-20(9-11-22)21-13-14-36-27(33)17-21/h3-12,15,21H,13-14,16-17H2,1-2H3,(H,29,32)(H2,30,31,34). The highest BCUT2D eigenvalue weighted by Gasteiger charge is 2.22. The Morgan fingerprint density at radius 1 is 0.972 bits per heavy atom. The minimum absolute atomic E-state index is 0.141. The number of ether oxygens (including phenoxy) is 2. The van der Waals surface area contributed by atoms with Gasteiger partial charge in [-0.25, -0.2) is 4.79 Å². The number of carbonyl (C=O) groups excluding carboxylic acids is 3. The van der Waals surface area contributed by atoms with E-state index in [4.69, 9.17) is 9.47 Å². The van der Waals surface area contributed by atoms with Crippen LogP contribution in [0.4, 0.5) is 21.9 Å². The number of benzene rings is 3. The van der Waals surface area contributed by atoms with Crippen molar-refractivity contribution in [2.75, 3.05) is 29.7 Å². The van der Waals surface area contributed by atoms with Gasteiger partial charge in [-0.1, -0.05) is 36.4 Å². The van der Waals surface area contributed by atoms with Crippen molar-refractivity contribution in [1.82, 2.24) is 0 Å². The van der Waals surface area contributed by atoms with E-state index in [0.29, 0.717) is 30.2 Å². The second-order valence-electron chi connectivity index (χ2n) is 8.69. The SMILES string of the molecule is COc1cc(CC(=O)Nc2ccc(C3CCOC(=O)C3)cc2)ccc1NC(=O)Nc1ccccc1C. The number of anilines is 3. The number of aryl methyl sites for hydroxylation is 1. The summed E-state index contributed by atoms with van der Waals surface area (Å²) in [5, 5.41) is 8.50. The molecule has 1 atom stereocenters. The van der Waals surface area contributed by atoms with Crippen LogP contribution in [0.15, 0.2) is 66.7 Å². The molecule has 4 rings (SSSR count). The molecule has 0 saturated carbocycles. The Balaban J connectivity index is 1.34. The summed E-state index contributed by atoms with van der Waals surface area (Å²) >= 11 is 0. The Hall–Kier alpha value is -4.33. The lowest BCUT2D eigenvalue weighted by molar-refractivity contribution is -0.147. The molecular formula is C28H29N3O5. The third kappa shape index (κ3) is 6.41. The highest BCUT2D eigenvalue weighted by molar-refractivity contribution is 6.01. The Kier molecular flexibility index (Phi) is 7.85. The Labute approximate surface area is 210 Å². The van der Waals surface area contributed by atoms with Crippen molar-refractivity contribution in [2.45, 2.75) is 32.1 Å². The van der Waals surface area contributed by atoms with Gasteiger partial charge in [0.1, 0.15) is 5.75 Å². The first-order valence-corrected chi connectivity index (χ1v) is 11.8. The van der Waals surface area contributed by atoms with Crippen molar-refractivity contribution < 1.29 is 23.9 Å². The fraction of sp³-hybridized carbons (Fsp3) is 0.250. The Bertz CT molecular complexity index is 1260. The fourth-order valence-electron chi connectivity index (χ4n) is 4.13. The summed E-state index contributed by atoms with van der Waals surface area (Å²) < 4.78 is 10.4. The lowest BCUT2D eigenvalue weighted by Crippen LogP contribution is -2.20. The molecule has 0 aromatic heterocycles. The minimum Gasteiger partial charge on any atom is -0.495 e. The smallest absolute Gasteiger partial charge is 0.323 e. The van der Waals surface area contributed by atoms with Gasteiger partial charge in [0.2, 0.25) is 5.91 Å². The Morgan fingerprint density at radius 3 is 2.44 bits per heavy atom. The van der Waals surface area contributed by atoms with Crippen LogP contribution in [0.1, 0.15) is 35.4 Å². The molecule has 8 heteroatoms. The van der Waals surface area contributed by atoms with E-state index in [1.54, 1.807) is 18.2 Å². The molecule has 0 bridgehead atoms. The topological polar surface area (TPSA) is 106 Å². The maximum absolute atomic E-state index is 12.6. The summed E-state index contributed by atoms with van der Waals surface area (Å²) in [5.41, 5.74) is 4.65. The van der Waals surface area contributed by atoms with Gasteiger partial charge in [-0.05, 0) is 66.3 Å². The summed E-state index contributed by atoms with van der Waals surface area (Å²) in [6.07, 6.45) is 1.33. The molecular weight excluding hydrogens is 458 g/mol. The molecule has 1 heterocycles. The van der Waals surface area contributed by atoms with Gasteiger partial charge in [0.15, 0.2) is 0 Å². The number of amides is 3. The van der Waals surface area contributed by atoms with E-state index >= 15 is 0 Å². The largest absolute Gasteiger partial charge is 0.495 e. The number of para-hydroxylation sites is 1. The minimum atomic E-state index is -0.387. The second-order valence-corrected chi connectivity index (χ2v) is 8.69. The van der Waals surface area contributed by atoms with Gasteiger partial charge >= 0.3 is 12.0 Å². The molecule has 1 aliphatic heterocycles. The molecule has 1 saturated heterocycles. The van der Waals surface area contributed by atoms with Crippen LogP contribution in [-0.4, -0.2) is 31.6 Å². The monoisotopic (exact) mass is 487 g/mol. The molecule has 1 aliphatic rings. The summed E-state index contributed by atoms with van der Waals surface area (Å²) in [4.78, 5) is 36.6. The van der Waals surface area contributed by atoms with E-state index in [2.05, 4.69) is 16.0 Å². The molecule has 1 unspecified atom stereocenters. The van der Waals surface area contributed by atoms with Gasteiger partial charge in [-0.3, -0.25) is 9.59 Å². The van der Waals surface area contributed by atoms with Crippen LogP contribution in [0.2, 0.25) is 0 Å². The van der Waals surface area contributed by atoms with E-state index < -0.39 is 0 Å². The van der Waals surface area contributed by atoms with E-state index in [1.807, 2.05) is 55.5 Å².